The van der Waals surface area contributed by atoms with E-state index in [2.05, 4.69) is 20.4 Å². The zero-order valence-corrected chi connectivity index (χ0v) is 18.4. The number of hydrogen-bond acceptors (Lipinski definition) is 6. The molecule has 3 aromatic carbocycles. The molecule has 0 spiro atoms. The number of rotatable bonds is 5. The van der Waals surface area contributed by atoms with Gasteiger partial charge in [0.15, 0.2) is 0 Å². The van der Waals surface area contributed by atoms with E-state index in [0.717, 1.165) is 22.9 Å². The lowest BCUT2D eigenvalue weighted by molar-refractivity contribution is -0.384. The van der Waals surface area contributed by atoms with Gasteiger partial charge in [-0.2, -0.15) is 4.98 Å². The van der Waals surface area contributed by atoms with Crippen LogP contribution in [0.1, 0.15) is 33.9 Å². The molecule has 0 saturated heterocycles. The van der Waals surface area contributed by atoms with Crippen LogP contribution in [0.4, 0.5) is 17.6 Å². The Morgan fingerprint density at radius 3 is 2.47 bits per heavy atom. The van der Waals surface area contributed by atoms with E-state index in [9.17, 15) is 14.9 Å². The maximum atomic E-state index is 12.7. The molecule has 0 bridgehead atoms. The first-order chi connectivity index (χ1) is 16.5. The second kappa shape index (κ2) is 8.87. The highest BCUT2D eigenvalue weighted by Crippen LogP contribution is 2.33. The molecule has 1 aliphatic heterocycles. The summed E-state index contributed by atoms with van der Waals surface area (Å²) in [6, 6.07) is 23.3. The highest BCUT2D eigenvalue weighted by atomic mass is 35.5. The fourth-order valence-corrected chi connectivity index (χ4v) is 3.99. The number of halogens is 1. The first-order valence-corrected chi connectivity index (χ1v) is 10.8. The van der Waals surface area contributed by atoms with Crippen LogP contribution in [0.2, 0.25) is 5.02 Å². The van der Waals surface area contributed by atoms with Crippen molar-refractivity contribution in [3.05, 3.63) is 111 Å². The molecular weight excluding hydrogens is 456 g/mol. The highest BCUT2D eigenvalue weighted by molar-refractivity contribution is 6.32. The minimum absolute atomic E-state index is 0.0504. The van der Waals surface area contributed by atoms with Gasteiger partial charge in [-0.1, -0.05) is 72.3 Å². The third kappa shape index (κ3) is 4.16. The monoisotopic (exact) mass is 472 g/mol. The second-order valence-electron chi connectivity index (χ2n) is 7.61. The normalized spacial score (nSPS) is 14.7. The molecule has 1 amide bonds. The highest BCUT2D eigenvalue weighted by Gasteiger charge is 2.28. The minimum Gasteiger partial charge on any atom is -0.289 e. The summed E-state index contributed by atoms with van der Waals surface area (Å²) in [6.45, 7) is 0. The number of carbonyl (C=O) groups excluding carboxylic acids is 1. The van der Waals surface area contributed by atoms with E-state index in [0.29, 0.717) is 12.4 Å². The zero-order valence-electron chi connectivity index (χ0n) is 17.6. The van der Waals surface area contributed by atoms with Gasteiger partial charge in [0.25, 0.3) is 23.5 Å². The maximum absolute atomic E-state index is 12.7. The van der Waals surface area contributed by atoms with Gasteiger partial charge in [0.05, 0.1) is 16.7 Å². The first-order valence-electron chi connectivity index (χ1n) is 10.4. The molecule has 0 fully saturated rings. The molecule has 0 radical (unpaired) electrons. The number of nitro groups is 1. The molecule has 1 unspecified atom stereocenters. The van der Waals surface area contributed by atoms with Crippen molar-refractivity contribution in [1.82, 2.24) is 14.8 Å². The molecule has 0 aliphatic carbocycles. The smallest absolute Gasteiger partial charge is 0.288 e. The number of hydrogen-bond donors (Lipinski definition) is 1. The van der Waals surface area contributed by atoms with Crippen molar-refractivity contribution in [2.24, 2.45) is 4.99 Å². The molecule has 10 heteroatoms. The minimum atomic E-state index is -0.642. The number of nitro benzene ring substituents is 1. The van der Waals surface area contributed by atoms with Gasteiger partial charge in [0.1, 0.15) is 5.02 Å². The third-order valence-corrected chi connectivity index (χ3v) is 5.77. The average molecular weight is 473 g/mol. The number of fused-ring (bicyclic) bond motifs is 1. The van der Waals surface area contributed by atoms with E-state index in [1.54, 1.807) is 4.68 Å². The number of carbonyl (C=O) groups is 1. The molecule has 2 heterocycles. The Balaban J connectivity index is 1.50. The molecule has 1 aliphatic rings. The number of amides is 1. The molecule has 0 saturated carbocycles. The predicted octanol–water partition coefficient (Wildman–Crippen LogP) is 5.21. The van der Waals surface area contributed by atoms with Crippen molar-refractivity contribution >= 4 is 40.8 Å². The standard InChI is InChI=1S/C24H17ClN6O3/c25-18-12-11-17(13-21(18)31(33)34)22(32)27-23-28-24-26-19(15-7-3-1-4-8-15)14-20(30(24)29-23)16-9-5-2-6-10-16/h1-13,20H,14H2,(H,27,29,32). The second-order valence-corrected chi connectivity index (χ2v) is 8.02. The quantitative estimate of drug-likeness (QED) is 0.316. The molecule has 34 heavy (non-hydrogen) atoms. The van der Waals surface area contributed by atoms with E-state index < -0.39 is 10.8 Å². The van der Waals surface area contributed by atoms with Crippen LogP contribution in [0.25, 0.3) is 0 Å². The van der Waals surface area contributed by atoms with E-state index in [-0.39, 0.29) is 28.3 Å². The summed E-state index contributed by atoms with van der Waals surface area (Å²) in [7, 11) is 0. The van der Waals surface area contributed by atoms with E-state index in [4.69, 9.17) is 11.6 Å². The molecule has 168 valence electrons. The predicted molar refractivity (Wildman–Crippen MR) is 128 cm³/mol. The third-order valence-electron chi connectivity index (χ3n) is 5.45. The van der Waals surface area contributed by atoms with Crippen molar-refractivity contribution in [3.8, 4) is 0 Å². The largest absolute Gasteiger partial charge is 0.289 e. The van der Waals surface area contributed by atoms with Crippen LogP contribution in [-0.4, -0.2) is 31.3 Å². The molecular formula is C24H17ClN6O3. The Kier molecular flexibility index (Phi) is 5.60. The van der Waals surface area contributed by atoms with Crippen LogP contribution in [0.3, 0.4) is 0 Å². The van der Waals surface area contributed by atoms with Gasteiger partial charge in [-0.25, -0.2) is 9.67 Å². The first kappa shape index (κ1) is 21.5. The lowest BCUT2D eigenvalue weighted by Gasteiger charge is -2.23. The Bertz CT molecular complexity index is 1420. The summed E-state index contributed by atoms with van der Waals surface area (Å²) in [6.07, 6.45) is 0.598. The van der Waals surface area contributed by atoms with E-state index in [1.807, 2.05) is 60.7 Å². The van der Waals surface area contributed by atoms with Gasteiger partial charge in [-0.05, 0) is 23.3 Å². The van der Waals surface area contributed by atoms with Gasteiger partial charge in [-0.3, -0.25) is 20.2 Å². The molecule has 1 aromatic heterocycles. The van der Waals surface area contributed by atoms with Crippen LogP contribution in [-0.2, 0) is 0 Å². The summed E-state index contributed by atoms with van der Waals surface area (Å²) >= 11 is 5.85. The number of aliphatic imine (C=N–C) groups is 1. The van der Waals surface area contributed by atoms with Crippen molar-refractivity contribution in [1.29, 1.82) is 0 Å². The molecule has 1 N–H and O–H groups in total. The van der Waals surface area contributed by atoms with Gasteiger partial charge in [0.2, 0.25) is 0 Å². The van der Waals surface area contributed by atoms with Crippen LogP contribution in [0, 0.1) is 10.1 Å². The number of benzene rings is 3. The van der Waals surface area contributed by atoms with Crippen LogP contribution < -0.4 is 5.32 Å². The molecule has 4 aromatic rings. The number of aromatic nitrogens is 3. The number of nitrogens with zero attached hydrogens (tertiary/aromatic N) is 5. The fourth-order valence-electron chi connectivity index (χ4n) is 3.80. The summed E-state index contributed by atoms with van der Waals surface area (Å²) in [5.41, 5.74) is 2.59. The maximum Gasteiger partial charge on any atom is 0.288 e. The van der Waals surface area contributed by atoms with Crippen molar-refractivity contribution in [2.75, 3.05) is 5.32 Å². The lowest BCUT2D eigenvalue weighted by atomic mass is 9.96. The molecule has 5 rings (SSSR count). The topological polar surface area (TPSA) is 115 Å². The van der Waals surface area contributed by atoms with Crippen LogP contribution in [0.5, 0.6) is 0 Å². The van der Waals surface area contributed by atoms with Gasteiger partial charge in [-0.15, -0.1) is 5.10 Å². The number of anilines is 1. The van der Waals surface area contributed by atoms with Crippen molar-refractivity contribution in [2.45, 2.75) is 12.5 Å². The lowest BCUT2D eigenvalue weighted by Crippen LogP contribution is -2.21. The summed E-state index contributed by atoms with van der Waals surface area (Å²) in [5, 5.41) is 18.2. The fraction of sp³-hybridized carbons (Fsp3) is 0.0833. The van der Waals surface area contributed by atoms with Crippen molar-refractivity contribution < 1.29 is 9.72 Å². The van der Waals surface area contributed by atoms with Crippen molar-refractivity contribution in [3.63, 3.8) is 0 Å². The molecule has 9 nitrogen and oxygen atoms in total. The zero-order chi connectivity index (χ0) is 23.7. The number of nitrogens with one attached hydrogen (secondary N) is 1. The van der Waals surface area contributed by atoms with E-state index >= 15 is 0 Å². The average Bonchev–Trinajstić information content (AvgIpc) is 3.26. The Morgan fingerprint density at radius 2 is 1.76 bits per heavy atom. The van der Waals surface area contributed by atoms with Crippen LogP contribution in [0.15, 0.2) is 83.9 Å². The van der Waals surface area contributed by atoms with Gasteiger partial charge < -0.3 is 0 Å². The molecule has 1 atom stereocenters. The summed E-state index contributed by atoms with van der Waals surface area (Å²) < 4.78 is 1.68. The Morgan fingerprint density at radius 1 is 1.06 bits per heavy atom. The summed E-state index contributed by atoms with van der Waals surface area (Å²) in [4.78, 5) is 32.4. The summed E-state index contributed by atoms with van der Waals surface area (Å²) in [5.74, 6) is -0.181. The van der Waals surface area contributed by atoms with Crippen LogP contribution >= 0.6 is 11.6 Å². The Hall–Kier alpha value is -4.37. The van der Waals surface area contributed by atoms with Gasteiger partial charge in [0, 0.05) is 18.1 Å². The Labute approximate surface area is 198 Å². The SMILES string of the molecule is O=C(Nc1nc2n(n1)C(c1ccccc1)CC(c1ccccc1)=N2)c1ccc(Cl)c([N+](=O)[O-])c1. The van der Waals surface area contributed by atoms with E-state index in [1.165, 1.54) is 12.1 Å². The van der Waals surface area contributed by atoms with Gasteiger partial charge >= 0.3 is 0 Å².